The topological polar surface area (TPSA) is 51.2 Å². The first kappa shape index (κ1) is 24.5. The first-order valence-electron chi connectivity index (χ1n) is 2.28. The first-order chi connectivity index (χ1) is 4.41. The van der Waals surface area contributed by atoms with Crippen molar-refractivity contribution in [3.8, 4) is 0 Å². The normalized spacial score (nSPS) is 3.33. The third-order valence-corrected chi connectivity index (χ3v) is 0. The highest BCUT2D eigenvalue weighted by molar-refractivity contribution is 5.11. The molecule has 0 N–H and O–H groups in total. The predicted octanol–water partition coefficient (Wildman–Crippen LogP) is 0.862. The van der Waals surface area contributed by atoms with E-state index in [0.717, 1.165) is 0 Å². The smallest absolute Gasteiger partial charge is 0.106 e. The fourth-order valence-electron chi connectivity index (χ4n) is 0. The van der Waals surface area contributed by atoms with Gasteiger partial charge in [-0.25, -0.2) is 0 Å². The summed E-state index contributed by atoms with van der Waals surface area (Å²) >= 11 is 0. The Hall–Kier alpha value is -0.990. The van der Waals surface area contributed by atoms with E-state index < -0.39 is 0 Å². The van der Waals surface area contributed by atoms with Crippen LogP contribution in [0.15, 0.2) is 0 Å². The minimum Gasteiger partial charge on any atom is -0.307 e. The van der Waals surface area contributed by atoms with Gasteiger partial charge in [-0.05, 0) is 0 Å². The van der Waals surface area contributed by atoms with E-state index in [0.29, 0.717) is 0 Å². The summed E-state index contributed by atoms with van der Waals surface area (Å²) in [6.45, 7) is 10.2. The lowest BCUT2D eigenvalue weighted by atomic mass is 10.6. The van der Waals surface area contributed by atoms with E-state index in [-0.39, 0.29) is 0 Å². The van der Waals surface area contributed by atoms with Gasteiger partial charge >= 0.3 is 0 Å². The summed E-state index contributed by atoms with van der Waals surface area (Å²) in [6.07, 6.45) is 1.25. The zero-order valence-corrected chi connectivity index (χ0v) is 6.05. The Morgan fingerprint density at radius 3 is 0.778 bits per heavy atom. The molecule has 0 fully saturated rings. The van der Waals surface area contributed by atoms with Crippen LogP contribution in [0.2, 0.25) is 0 Å². The Kier molecular flexibility index (Phi) is 6890000. The van der Waals surface area contributed by atoms with Crippen LogP contribution >= 0.6 is 0 Å². The molecule has 0 unspecified atom stereocenters. The van der Waals surface area contributed by atoms with Crippen molar-refractivity contribution >= 4 is 20.4 Å². The third-order valence-electron chi connectivity index (χ3n) is 0. The van der Waals surface area contributed by atoms with E-state index in [1.165, 1.54) is 6.42 Å². The molecular weight excluding hydrogens is 120 g/mol. The fourth-order valence-corrected chi connectivity index (χ4v) is 0. The molecule has 0 atom stereocenters. The quantitative estimate of drug-likeness (QED) is 0.493. The van der Waals surface area contributed by atoms with Gasteiger partial charge in [-0.15, -0.1) is 0 Å². The van der Waals surface area contributed by atoms with E-state index >= 15 is 0 Å². The summed E-state index contributed by atoms with van der Waals surface area (Å²) < 4.78 is 0. The molecule has 3 heteroatoms. The third kappa shape index (κ3) is 180. The molecule has 0 aromatic carbocycles. The monoisotopic (exact) mass is 134 g/mol. The molecule has 0 rings (SSSR count). The molecule has 3 nitrogen and oxygen atoms in total. The molecule has 0 amide bonds. The van der Waals surface area contributed by atoms with Gasteiger partial charge < -0.3 is 14.4 Å². The van der Waals surface area contributed by atoms with Crippen LogP contribution in [-0.4, -0.2) is 20.4 Å². The summed E-state index contributed by atoms with van der Waals surface area (Å²) in [6, 6.07) is 0. The van der Waals surface area contributed by atoms with Crippen LogP contribution < -0.4 is 0 Å². The largest absolute Gasteiger partial charge is 0.307 e. The number of hydrogen-bond donors (Lipinski definition) is 0. The van der Waals surface area contributed by atoms with E-state index in [9.17, 15) is 0 Å². The van der Waals surface area contributed by atoms with Gasteiger partial charge in [0.15, 0.2) is 0 Å². The molecular formula is C6H14O3. The van der Waals surface area contributed by atoms with Crippen molar-refractivity contribution < 1.29 is 14.4 Å². The molecule has 0 aliphatic heterocycles. The lowest BCUT2D eigenvalue weighted by Crippen LogP contribution is -1.27. The molecule has 0 bridgehead atoms. The molecule has 0 spiro atoms. The second-order valence-electron chi connectivity index (χ2n) is 0.707. The molecule has 9 heavy (non-hydrogen) atoms. The van der Waals surface area contributed by atoms with Crippen molar-refractivity contribution in [1.82, 2.24) is 0 Å². The van der Waals surface area contributed by atoms with Crippen LogP contribution in [0, 0.1) is 0 Å². The fraction of sp³-hybridized carbons (Fsp3) is 0.500. The van der Waals surface area contributed by atoms with Gasteiger partial charge in [-0.3, -0.25) is 0 Å². The number of hydrogen-bond acceptors (Lipinski definition) is 3. The van der Waals surface area contributed by atoms with E-state index in [1.54, 1.807) is 0 Å². The highest BCUT2D eigenvalue weighted by Gasteiger charge is 1.35. The second kappa shape index (κ2) is 2530000. The average molecular weight is 134 g/mol. The van der Waals surface area contributed by atoms with Crippen molar-refractivity contribution in [2.45, 2.75) is 20.3 Å². The molecule has 0 heterocycles. The van der Waals surface area contributed by atoms with Gasteiger partial charge in [0.2, 0.25) is 0 Å². The van der Waals surface area contributed by atoms with Crippen LogP contribution in [0.1, 0.15) is 20.3 Å². The standard InChI is InChI=1S/C3H8.3CH2O/c1-3-2;3*1-2/h3H2,1-2H3;3*1H2. The SMILES string of the molecule is C=O.C=O.C=O.CCC. The van der Waals surface area contributed by atoms with Crippen LogP contribution in [-0.2, 0) is 14.4 Å². The second-order valence-corrected chi connectivity index (χ2v) is 0.707. The van der Waals surface area contributed by atoms with Crippen molar-refractivity contribution in [3.63, 3.8) is 0 Å². The Labute approximate surface area is 56.1 Å². The Bertz CT molecular complexity index is 19.5. The maximum atomic E-state index is 8.00. The summed E-state index contributed by atoms with van der Waals surface area (Å²) in [5, 5.41) is 0. The summed E-state index contributed by atoms with van der Waals surface area (Å²) in [5.41, 5.74) is 0. The van der Waals surface area contributed by atoms with Gasteiger partial charge in [-0.2, -0.15) is 0 Å². The Morgan fingerprint density at radius 2 is 0.778 bits per heavy atom. The lowest BCUT2D eigenvalue weighted by molar-refractivity contribution is -0.0987. The van der Waals surface area contributed by atoms with Crippen molar-refractivity contribution in [2.24, 2.45) is 0 Å². The lowest BCUT2D eigenvalue weighted by Gasteiger charge is -1.48. The van der Waals surface area contributed by atoms with E-state index in [2.05, 4.69) is 13.8 Å². The van der Waals surface area contributed by atoms with Crippen molar-refractivity contribution in [3.05, 3.63) is 0 Å². The maximum Gasteiger partial charge on any atom is 0.106 e. The molecule has 0 aromatic heterocycles. The molecule has 0 radical (unpaired) electrons. The van der Waals surface area contributed by atoms with Crippen molar-refractivity contribution in [2.75, 3.05) is 0 Å². The molecule has 0 saturated carbocycles. The van der Waals surface area contributed by atoms with Crippen LogP contribution in [0.3, 0.4) is 0 Å². The summed E-state index contributed by atoms with van der Waals surface area (Å²) in [7, 11) is 0. The van der Waals surface area contributed by atoms with Gasteiger partial charge in [0, 0.05) is 0 Å². The molecule has 0 saturated heterocycles. The van der Waals surface area contributed by atoms with Crippen LogP contribution in [0.5, 0.6) is 0 Å². The van der Waals surface area contributed by atoms with Gasteiger partial charge in [0.05, 0.1) is 0 Å². The predicted molar refractivity (Wildman–Crippen MR) is 37.3 cm³/mol. The number of carbonyl (C=O) groups excluding carboxylic acids is 3. The zero-order valence-electron chi connectivity index (χ0n) is 6.05. The minimum atomic E-state index is 1.25. The molecule has 56 valence electrons. The minimum absolute atomic E-state index is 1.25. The maximum absolute atomic E-state index is 8.00. The first-order valence-corrected chi connectivity index (χ1v) is 2.28. The van der Waals surface area contributed by atoms with E-state index in [4.69, 9.17) is 14.4 Å². The van der Waals surface area contributed by atoms with Crippen LogP contribution in [0.25, 0.3) is 0 Å². The van der Waals surface area contributed by atoms with Gasteiger partial charge in [0.25, 0.3) is 0 Å². The van der Waals surface area contributed by atoms with Gasteiger partial charge in [0.1, 0.15) is 20.4 Å². The van der Waals surface area contributed by atoms with E-state index in [1.807, 2.05) is 20.4 Å². The Balaban J connectivity index is -0.0000000190. The average Bonchev–Trinajstić information content (AvgIpc) is 2.01. The summed E-state index contributed by atoms with van der Waals surface area (Å²) in [4.78, 5) is 24.0. The van der Waals surface area contributed by atoms with Crippen molar-refractivity contribution in [1.29, 1.82) is 0 Å². The van der Waals surface area contributed by atoms with Crippen LogP contribution in [0.4, 0.5) is 0 Å². The molecule has 0 aromatic rings. The number of carbonyl (C=O) groups is 3. The highest BCUT2D eigenvalue weighted by Crippen LogP contribution is 1.56. The van der Waals surface area contributed by atoms with Gasteiger partial charge in [-0.1, -0.05) is 20.3 Å². The summed E-state index contributed by atoms with van der Waals surface area (Å²) in [5.74, 6) is 0. The molecule has 0 aliphatic carbocycles. The highest BCUT2D eigenvalue weighted by atomic mass is 16.1. The molecule has 0 aliphatic rings. The zero-order chi connectivity index (χ0) is 8.71. The number of rotatable bonds is 0. The Morgan fingerprint density at radius 1 is 0.778 bits per heavy atom.